The number of fused-ring (bicyclic) bond motifs is 1. The van der Waals surface area contributed by atoms with Crippen LogP contribution in [0, 0.1) is 6.92 Å². The van der Waals surface area contributed by atoms with Gasteiger partial charge in [0.2, 0.25) is 0 Å². The maximum absolute atomic E-state index is 13.3. The molecule has 0 radical (unpaired) electrons. The molecule has 0 aliphatic rings. The smallest absolute Gasteiger partial charge is 0.196 e. The van der Waals surface area contributed by atoms with E-state index in [0.29, 0.717) is 22.5 Å². The second kappa shape index (κ2) is 9.31. The third-order valence-electron chi connectivity index (χ3n) is 5.12. The highest BCUT2D eigenvalue weighted by Gasteiger charge is 2.21. The van der Waals surface area contributed by atoms with Gasteiger partial charge in [-0.3, -0.25) is 9.59 Å². The molecule has 4 nitrogen and oxygen atoms in total. The Morgan fingerprint density at radius 3 is 2.38 bits per heavy atom. The summed E-state index contributed by atoms with van der Waals surface area (Å²) in [6.07, 6.45) is 4.79. The van der Waals surface area contributed by atoms with Gasteiger partial charge in [0.25, 0.3) is 0 Å². The predicted molar refractivity (Wildman–Crippen MR) is 128 cm³/mol. The summed E-state index contributed by atoms with van der Waals surface area (Å²) in [5.74, 6) is 0.459. The number of hydrogen-bond donors (Lipinski definition) is 0. The van der Waals surface area contributed by atoms with Crippen molar-refractivity contribution in [3.63, 3.8) is 0 Å². The zero-order valence-electron chi connectivity index (χ0n) is 17.7. The molecule has 4 aromatic rings. The Bertz CT molecular complexity index is 1360. The molecule has 0 aliphatic carbocycles. The van der Waals surface area contributed by atoms with Gasteiger partial charge in [0, 0.05) is 11.1 Å². The molecule has 1 aromatic heterocycles. The van der Waals surface area contributed by atoms with Gasteiger partial charge < -0.3 is 9.15 Å². The van der Waals surface area contributed by atoms with Crippen LogP contribution in [0.15, 0.2) is 101 Å². The Morgan fingerprint density at radius 1 is 1.00 bits per heavy atom. The number of hydrogen-bond acceptors (Lipinski definition) is 4. The lowest BCUT2D eigenvalue weighted by molar-refractivity contribution is 0.104. The molecule has 1 heterocycles. The quantitative estimate of drug-likeness (QED) is 0.201. The van der Waals surface area contributed by atoms with Crippen LogP contribution in [0.4, 0.5) is 0 Å². The van der Waals surface area contributed by atoms with Gasteiger partial charge in [0.05, 0.1) is 5.39 Å². The van der Waals surface area contributed by atoms with Crippen LogP contribution in [0.5, 0.6) is 5.75 Å². The van der Waals surface area contributed by atoms with Gasteiger partial charge in [-0.15, -0.1) is 0 Å². The van der Waals surface area contributed by atoms with E-state index < -0.39 is 0 Å². The summed E-state index contributed by atoms with van der Waals surface area (Å²) in [7, 11) is 0. The molecular weight excluding hydrogens is 400 g/mol. The first-order valence-electron chi connectivity index (χ1n) is 10.3. The molecule has 0 saturated heterocycles. The molecular formula is C28H22O4. The lowest BCUT2D eigenvalue weighted by Gasteiger charge is -2.13. The first-order valence-corrected chi connectivity index (χ1v) is 10.3. The van der Waals surface area contributed by atoms with E-state index in [1.807, 2.05) is 60.7 Å². The Hall–Kier alpha value is -4.18. The molecule has 0 atom stereocenters. The standard InChI is InChI=1S/C28H22O4/c1-3-18-31-24-17-15-22-26(30)19(2)27(21-12-8-5-9-13-21)32-28(22)25(24)23(29)16-14-20-10-6-4-7-11-20/h3-17H,1,18H2,2H3. The number of ether oxygens (including phenoxy) is 1. The fourth-order valence-electron chi connectivity index (χ4n) is 3.52. The summed E-state index contributed by atoms with van der Waals surface area (Å²) in [5, 5.41) is 0.338. The van der Waals surface area contributed by atoms with Crippen LogP contribution in [-0.4, -0.2) is 12.4 Å². The van der Waals surface area contributed by atoms with Crippen molar-refractivity contribution in [3.8, 4) is 17.1 Å². The van der Waals surface area contributed by atoms with Crippen molar-refractivity contribution in [3.05, 3.63) is 118 Å². The lowest BCUT2D eigenvalue weighted by atomic mass is 10.0. The third kappa shape index (κ3) is 4.16. The molecule has 0 amide bonds. The maximum atomic E-state index is 13.3. The number of carbonyl (C=O) groups is 1. The van der Waals surface area contributed by atoms with E-state index >= 15 is 0 Å². The minimum atomic E-state index is -0.315. The number of carbonyl (C=O) groups excluding carboxylic acids is 1. The Morgan fingerprint density at radius 2 is 1.69 bits per heavy atom. The van der Waals surface area contributed by atoms with Gasteiger partial charge in [-0.25, -0.2) is 0 Å². The normalized spacial score (nSPS) is 11.0. The highest BCUT2D eigenvalue weighted by atomic mass is 16.5. The Labute approximate surface area is 186 Å². The molecule has 3 aromatic carbocycles. The summed E-state index contributed by atoms with van der Waals surface area (Å²) in [6, 6.07) is 22.1. The number of ketones is 1. The lowest BCUT2D eigenvalue weighted by Crippen LogP contribution is -2.11. The summed E-state index contributed by atoms with van der Waals surface area (Å²) in [5.41, 5.74) is 2.38. The van der Waals surface area contributed by atoms with E-state index in [1.165, 1.54) is 6.08 Å². The van der Waals surface area contributed by atoms with Crippen molar-refractivity contribution < 1.29 is 13.9 Å². The molecule has 158 valence electrons. The van der Waals surface area contributed by atoms with Crippen LogP contribution in [-0.2, 0) is 0 Å². The molecule has 4 heteroatoms. The largest absolute Gasteiger partial charge is 0.489 e. The Balaban J connectivity index is 1.94. The molecule has 0 aliphatic heterocycles. The van der Waals surface area contributed by atoms with E-state index in [2.05, 4.69) is 6.58 Å². The minimum Gasteiger partial charge on any atom is -0.489 e. The van der Waals surface area contributed by atoms with Gasteiger partial charge in [-0.05, 0) is 30.7 Å². The zero-order valence-corrected chi connectivity index (χ0v) is 17.7. The van der Waals surface area contributed by atoms with Gasteiger partial charge >= 0.3 is 0 Å². The average molecular weight is 422 g/mol. The van der Waals surface area contributed by atoms with Crippen LogP contribution in [0.2, 0.25) is 0 Å². The molecule has 0 spiro atoms. The van der Waals surface area contributed by atoms with Gasteiger partial charge in [0.1, 0.15) is 23.7 Å². The molecule has 4 rings (SSSR count). The van der Waals surface area contributed by atoms with E-state index in [-0.39, 0.29) is 29.0 Å². The van der Waals surface area contributed by atoms with Crippen LogP contribution < -0.4 is 10.2 Å². The molecule has 0 saturated carbocycles. The fraction of sp³-hybridized carbons (Fsp3) is 0.0714. The van der Waals surface area contributed by atoms with Crippen molar-refractivity contribution in [1.29, 1.82) is 0 Å². The monoisotopic (exact) mass is 422 g/mol. The number of benzene rings is 3. The maximum Gasteiger partial charge on any atom is 0.196 e. The van der Waals surface area contributed by atoms with Gasteiger partial charge in [-0.2, -0.15) is 0 Å². The highest BCUT2D eigenvalue weighted by Crippen LogP contribution is 2.32. The number of allylic oxidation sites excluding steroid dienone is 1. The average Bonchev–Trinajstić information content (AvgIpc) is 2.84. The Kier molecular flexibility index (Phi) is 6.13. The molecule has 0 bridgehead atoms. The van der Waals surface area contributed by atoms with Crippen LogP contribution in [0.3, 0.4) is 0 Å². The van der Waals surface area contributed by atoms with Gasteiger partial charge in [0.15, 0.2) is 16.8 Å². The van der Waals surface area contributed by atoms with Crippen molar-refractivity contribution in [1.82, 2.24) is 0 Å². The molecule has 0 N–H and O–H groups in total. The highest BCUT2D eigenvalue weighted by molar-refractivity contribution is 6.15. The van der Waals surface area contributed by atoms with Gasteiger partial charge in [-0.1, -0.05) is 79.4 Å². The summed E-state index contributed by atoms with van der Waals surface area (Å²) < 4.78 is 12.0. The van der Waals surface area contributed by atoms with Crippen LogP contribution >= 0.6 is 0 Å². The van der Waals surface area contributed by atoms with Crippen molar-refractivity contribution in [2.24, 2.45) is 0 Å². The van der Waals surface area contributed by atoms with Crippen LogP contribution in [0.1, 0.15) is 21.5 Å². The van der Waals surface area contributed by atoms with Crippen molar-refractivity contribution in [2.75, 3.05) is 6.61 Å². The third-order valence-corrected chi connectivity index (χ3v) is 5.12. The predicted octanol–water partition coefficient (Wildman–Crippen LogP) is 6.23. The first-order chi connectivity index (χ1) is 15.6. The van der Waals surface area contributed by atoms with E-state index in [4.69, 9.17) is 9.15 Å². The minimum absolute atomic E-state index is 0.179. The fourth-order valence-corrected chi connectivity index (χ4v) is 3.52. The van der Waals surface area contributed by atoms with E-state index in [0.717, 1.165) is 11.1 Å². The SMILES string of the molecule is C=CCOc1ccc2c(=O)c(C)c(-c3ccccc3)oc2c1C(=O)C=Cc1ccccc1. The number of rotatable bonds is 7. The molecule has 0 fully saturated rings. The summed E-state index contributed by atoms with van der Waals surface area (Å²) >= 11 is 0. The second-order valence-corrected chi connectivity index (χ2v) is 7.27. The summed E-state index contributed by atoms with van der Waals surface area (Å²) in [6.45, 7) is 5.62. The van der Waals surface area contributed by atoms with Crippen LogP contribution in [0.25, 0.3) is 28.4 Å². The first kappa shape index (κ1) is 21.1. The van der Waals surface area contributed by atoms with Crippen molar-refractivity contribution >= 4 is 22.8 Å². The van der Waals surface area contributed by atoms with E-state index in [1.54, 1.807) is 31.2 Å². The molecule has 32 heavy (non-hydrogen) atoms. The van der Waals surface area contributed by atoms with Crippen molar-refractivity contribution in [2.45, 2.75) is 6.92 Å². The molecule has 0 unspecified atom stereocenters. The zero-order chi connectivity index (χ0) is 22.5. The summed E-state index contributed by atoms with van der Waals surface area (Å²) in [4.78, 5) is 26.5. The van der Waals surface area contributed by atoms with E-state index in [9.17, 15) is 9.59 Å². The topological polar surface area (TPSA) is 56.5 Å². The second-order valence-electron chi connectivity index (χ2n) is 7.27.